The monoisotopic (exact) mass is 159 g/mol. The largest absolute Gasteiger partial charge is 0.399 e. The van der Waals surface area contributed by atoms with E-state index in [1.165, 1.54) is 0 Å². The molecule has 60 valence electrons. The van der Waals surface area contributed by atoms with Gasteiger partial charge in [0.1, 0.15) is 0 Å². The molecule has 2 N–H and O–H groups in total. The van der Waals surface area contributed by atoms with Gasteiger partial charge >= 0.3 is 5.69 Å². The standard InChI is InChI=1S/C10H11N2/c1-3-4-8-7-9(11)5-6-10(8)12-2/h2-7H,11H2,1H3/q+1/b4-3-. The number of rotatable bonds is 1. The summed E-state index contributed by atoms with van der Waals surface area (Å²) in [6.45, 7) is 7.12. The number of hydrogen-bond donors (Lipinski definition) is 1. The quantitative estimate of drug-likeness (QED) is 0.627. The maximum atomic E-state index is 5.60. The highest BCUT2D eigenvalue weighted by Crippen LogP contribution is 2.22. The smallest absolute Gasteiger partial charge is 0.347 e. The van der Waals surface area contributed by atoms with Crippen LogP contribution in [0.4, 0.5) is 11.4 Å². The van der Waals surface area contributed by atoms with E-state index in [1.54, 1.807) is 12.1 Å². The van der Waals surface area contributed by atoms with E-state index in [4.69, 9.17) is 12.3 Å². The minimum absolute atomic E-state index is 0.718. The van der Waals surface area contributed by atoms with Gasteiger partial charge in [-0.1, -0.05) is 12.2 Å². The maximum Gasteiger partial charge on any atom is 0.347 e. The molecular formula is C10H11N2+. The minimum Gasteiger partial charge on any atom is -0.399 e. The molecular weight excluding hydrogens is 148 g/mol. The van der Waals surface area contributed by atoms with Gasteiger partial charge in [0.2, 0.25) is 0 Å². The molecule has 1 aromatic carbocycles. The van der Waals surface area contributed by atoms with Crippen LogP contribution in [0.25, 0.3) is 10.9 Å². The molecule has 0 aromatic heterocycles. The van der Waals surface area contributed by atoms with Crippen LogP contribution in [0.5, 0.6) is 0 Å². The number of hydrogen-bond acceptors (Lipinski definition) is 1. The van der Waals surface area contributed by atoms with Crippen LogP contribution in [0.3, 0.4) is 0 Å². The third-order valence-corrected chi connectivity index (χ3v) is 1.54. The lowest BCUT2D eigenvalue weighted by Gasteiger charge is -1.92. The molecule has 2 heteroatoms. The summed E-state index contributed by atoms with van der Waals surface area (Å²) in [5.74, 6) is 0. The lowest BCUT2D eigenvalue weighted by molar-refractivity contribution is 1.64. The molecule has 0 aliphatic rings. The van der Waals surface area contributed by atoms with E-state index in [2.05, 4.69) is 4.85 Å². The van der Waals surface area contributed by atoms with Crippen LogP contribution in [0.1, 0.15) is 12.5 Å². The number of benzene rings is 1. The van der Waals surface area contributed by atoms with E-state index in [0.717, 1.165) is 16.9 Å². The van der Waals surface area contributed by atoms with Gasteiger partial charge in [0.25, 0.3) is 6.57 Å². The number of nitrogens with two attached hydrogens (primary N) is 1. The van der Waals surface area contributed by atoms with Crippen molar-refractivity contribution in [1.82, 2.24) is 0 Å². The molecule has 0 spiro atoms. The highest BCUT2D eigenvalue weighted by atomic mass is 14.7. The Kier molecular flexibility index (Phi) is 2.49. The van der Waals surface area contributed by atoms with Gasteiger partial charge in [0, 0.05) is 11.8 Å². The van der Waals surface area contributed by atoms with Gasteiger partial charge in [0.15, 0.2) is 0 Å². The van der Waals surface area contributed by atoms with E-state index in [1.807, 2.05) is 25.1 Å². The Morgan fingerprint density at radius 1 is 1.50 bits per heavy atom. The molecule has 0 saturated carbocycles. The molecule has 0 atom stereocenters. The third kappa shape index (κ3) is 1.64. The zero-order valence-electron chi connectivity index (χ0n) is 6.99. The second-order valence-corrected chi connectivity index (χ2v) is 2.45. The van der Waals surface area contributed by atoms with Gasteiger partial charge in [-0.2, -0.15) is 0 Å². The maximum absolute atomic E-state index is 5.60. The molecule has 0 saturated heterocycles. The van der Waals surface area contributed by atoms with Crippen molar-refractivity contribution in [2.45, 2.75) is 6.92 Å². The molecule has 0 amide bonds. The van der Waals surface area contributed by atoms with Crippen LogP contribution in [0, 0.1) is 6.57 Å². The molecule has 0 fully saturated rings. The van der Waals surface area contributed by atoms with Crippen molar-refractivity contribution in [3.05, 3.63) is 34.7 Å². The van der Waals surface area contributed by atoms with Crippen LogP contribution >= 0.6 is 0 Å². The second-order valence-electron chi connectivity index (χ2n) is 2.45. The zero-order valence-corrected chi connectivity index (χ0v) is 6.99. The van der Waals surface area contributed by atoms with Crippen LogP contribution < -0.4 is 5.73 Å². The summed E-state index contributed by atoms with van der Waals surface area (Å²) < 4.78 is 0. The van der Waals surface area contributed by atoms with E-state index in [0.29, 0.717) is 0 Å². The summed E-state index contributed by atoms with van der Waals surface area (Å²) in [5, 5.41) is 0. The van der Waals surface area contributed by atoms with Crippen molar-refractivity contribution in [2.24, 2.45) is 0 Å². The van der Waals surface area contributed by atoms with Gasteiger partial charge in [-0.3, -0.25) is 0 Å². The first kappa shape index (κ1) is 8.35. The predicted molar refractivity (Wildman–Crippen MR) is 53.5 cm³/mol. The highest BCUT2D eigenvalue weighted by molar-refractivity contribution is 5.71. The Labute approximate surface area is 72.1 Å². The molecule has 0 aliphatic carbocycles. The van der Waals surface area contributed by atoms with Crippen LogP contribution in [0.15, 0.2) is 24.3 Å². The SMILES string of the molecule is C#[N+]c1ccc(N)cc1/C=C\C. The Hall–Kier alpha value is -1.75. The van der Waals surface area contributed by atoms with E-state index in [9.17, 15) is 0 Å². The molecule has 0 aliphatic heterocycles. The van der Waals surface area contributed by atoms with Gasteiger partial charge in [-0.15, -0.1) is 0 Å². The summed E-state index contributed by atoms with van der Waals surface area (Å²) in [7, 11) is 0. The van der Waals surface area contributed by atoms with Gasteiger partial charge < -0.3 is 5.73 Å². The van der Waals surface area contributed by atoms with E-state index in [-0.39, 0.29) is 0 Å². The van der Waals surface area contributed by atoms with Crippen LogP contribution in [-0.4, -0.2) is 0 Å². The normalized spacial score (nSPS) is 10.0. The average molecular weight is 159 g/mol. The molecule has 1 aromatic rings. The van der Waals surface area contributed by atoms with Crippen molar-refractivity contribution in [2.75, 3.05) is 5.73 Å². The Bertz CT molecular complexity index is 345. The summed E-state index contributed by atoms with van der Waals surface area (Å²) in [4.78, 5) is 3.62. The fraction of sp³-hybridized carbons (Fsp3) is 0.100. The highest BCUT2D eigenvalue weighted by Gasteiger charge is 2.06. The average Bonchev–Trinajstić information content (AvgIpc) is 2.05. The topological polar surface area (TPSA) is 30.4 Å². The summed E-state index contributed by atoms with van der Waals surface area (Å²) in [5.41, 5.74) is 8.01. The van der Waals surface area contributed by atoms with Crippen molar-refractivity contribution in [1.29, 1.82) is 0 Å². The molecule has 0 heterocycles. The molecule has 1 rings (SSSR count). The zero-order chi connectivity index (χ0) is 8.97. The lowest BCUT2D eigenvalue weighted by Crippen LogP contribution is -1.84. The Morgan fingerprint density at radius 3 is 2.83 bits per heavy atom. The molecule has 0 radical (unpaired) electrons. The van der Waals surface area contributed by atoms with Gasteiger partial charge in [-0.05, 0) is 23.9 Å². The first-order valence-electron chi connectivity index (χ1n) is 3.71. The second kappa shape index (κ2) is 3.59. The third-order valence-electron chi connectivity index (χ3n) is 1.54. The Morgan fingerprint density at radius 2 is 2.25 bits per heavy atom. The molecule has 2 nitrogen and oxygen atoms in total. The van der Waals surface area contributed by atoms with Crippen molar-refractivity contribution in [3.63, 3.8) is 0 Å². The van der Waals surface area contributed by atoms with E-state index < -0.39 is 0 Å². The van der Waals surface area contributed by atoms with Crippen LogP contribution in [-0.2, 0) is 0 Å². The number of nitrogens with zero attached hydrogens (tertiary/aromatic N) is 1. The van der Waals surface area contributed by atoms with Gasteiger partial charge in [0.05, 0.1) is 5.56 Å². The predicted octanol–water partition coefficient (Wildman–Crippen LogP) is 2.90. The van der Waals surface area contributed by atoms with Crippen molar-refractivity contribution >= 4 is 17.5 Å². The first-order valence-corrected chi connectivity index (χ1v) is 3.71. The lowest BCUT2D eigenvalue weighted by atomic mass is 10.1. The first-order chi connectivity index (χ1) is 5.77. The molecule has 12 heavy (non-hydrogen) atoms. The summed E-state index contributed by atoms with van der Waals surface area (Å²) in [6, 6.07) is 5.41. The fourth-order valence-corrected chi connectivity index (χ4v) is 1.00. The summed E-state index contributed by atoms with van der Waals surface area (Å²) in [6.07, 6.45) is 3.84. The molecule has 0 unspecified atom stereocenters. The number of nitrogen functional groups attached to an aromatic ring is 1. The van der Waals surface area contributed by atoms with E-state index >= 15 is 0 Å². The fourth-order valence-electron chi connectivity index (χ4n) is 1.00. The van der Waals surface area contributed by atoms with Crippen molar-refractivity contribution < 1.29 is 0 Å². The summed E-state index contributed by atoms with van der Waals surface area (Å²) >= 11 is 0. The molecule has 0 bridgehead atoms. The Balaban J connectivity index is 3.24. The van der Waals surface area contributed by atoms with Crippen molar-refractivity contribution in [3.8, 4) is 6.57 Å². The van der Waals surface area contributed by atoms with Gasteiger partial charge in [-0.25, -0.2) is 0 Å². The minimum atomic E-state index is 0.718. The number of anilines is 1. The number of allylic oxidation sites excluding steroid dienone is 1. The van der Waals surface area contributed by atoms with Crippen LogP contribution in [0.2, 0.25) is 0 Å².